The summed E-state index contributed by atoms with van der Waals surface area (Å²) in [6, 6.07) is 13.4. The molecule has 0 spiro atoms. The van der Waals surface area contributed by atoms with Crippen LogP contribution in [0.25, 0.3) is 5.65 Å². The zero-order valence-corrected chi connectivity index (χ0v) is 16.4. The summed E-state index contributed by atoms with van der Waals surface area (Å²) in [6.07, 6.45) is 7.56. The molecule has 150 valence electrons. The van der Waals surface area contributed by atoms with Gasteiger partial charge >= 0.3 is 0 Å². The fourth-order valence-corrected chi connectivity index (χ4v) is 4.23. The number of anilines is 1. The molecule has 0 unspecified atom stereocenters. The van der Waals surface area contributed by atoms with E-state index < -0.39 is 0 Å². The highest BCUT2D eigenvalue weighted by Crippen LogP contribution is 2.32. The van der Waals surface area contributed by atoms with Gasteiger partial charge in [0.25, 0.3) is 0 Å². The monoisotopic (exact) mass is 399 g/mol. The second kappa shape index (κ2) is 7.59. The highest BCUT2D eigenvalue weighted by molar-refractivity contribution is 5.82. The van der Waals surface area contributed by atoms with E-state index in [1.54, 1.807) is 28.0 Å². The molecule has 0 saturated carbocycles. The summed E-state index contributed by atoms with van der Waals surface area (Å²) >= 11 is 0. The van der Waals surface area contributed by atoms with Gasteiger partial charge in [-0.2, -0.15) is 10.4 Å². The summed E-state index contributed by atoms with van der Waals surface area (Å²) in [4.78, 5) is 19.7. The van der Waals surface area contributed by atoms with Crippen LogP contribution < -0.4 is 4.90 Å². The van der Waals surface area contributed by atoms with Crippen molar-refractivity contribution < 1.29 is 4.79 Å². The Labute approximate surface area is 174 Å². The third kappa shape index (κ3) is 3.28. The first-order valence-electron chi connectivity index (χ1n) is 10.1. The number of nitriles is 1. The van der Waals surface area contributed by atoms with Crippen LogP contribution >= 0.6 is 0 Å². The van der Waals surface area contributed by atoms with E-state index in [9.17, 15) is 10.1 Å². The number of aromatic nitrogens is 3. The molecule has 0 N–H and O–H groups in total. The molecule has 2 aromatic heterocycles. The van der Waals surface area contributed by atoms with E-state index in [0.29, 0.717) is 12.0 Å². The lowest BCUT2D eigenvalue weighted by molar-refractivity contribution is -0.138. The Morgan fingerprint density at radius 1 is 1.17 bits per heavy atom. The van der Waals surface area contributed by atoms with Crippen LogP contribution in [0.3, 0.4) is 0 Å². The molecule has 2 aliphatic heterocycles. The van der Waals surface area contributed by atoms with Gasteiger partial charge in [-0.1, -0.05) is 12.1 Å². The Bertz CT molecular complexity index is 1150. The summed E-state index contributed by atoms with van der Waals surface area (Å²) in [5, 5.41) is 19.8. The smallest absolute Gasteiger partial charge is 0.246 e. The Morgan fingerprint density at radius 2 is 2.03 bits per heavy atom. The number of benzene rings is 1. The van der Waals surface area contributed by atoms with Gasteiger partial charge in [-0.15, -0.1) is 5.10 Å². The molecule has 1 atom stereocenters. The van der Waals surface area contributed by atoms with Crippen molar-refractivity contribution in [3.63, 3.8) is 0 Å². The minimum Gasteiger partial charge on any atom is -0.355 e. The van der Waals surface area contributed by atoms with Crippen LogP contribution in [0.2, 0.25) is 0 Å². The highest BCUT2D eigenvalue weighted by atomic mass is 16.2. The van der Waals surface area contributed by atoms with E-state index in [2.05, 4.69) is 26.2 Å². The molecule has 1 aromatic carbocycles. The maximum atomic E-state index is 13.2. The Morgan fingerprint density at radius 3 is 2.87 bits per heavy atom. The SMILES string of the molecule is N#Cc1cccc([C@@H]2CC=NN2C(=O)C2CCN(c3ccc4nccn4n3)CC2)c1. The van der Waals surface area contributed by atoms with Crippen molar-refractivity contribution in [1.82, 2.24) is 19.6 Å². The fraction of sp³-hybridized carbons (Fsp3) is 0.318. The zero-order valence-electron chi connectivity index (χ0n) is 16.4. The number of carbonyl (C=O) groups excluding carboxylic acids is 1. The number of hydrogen-bond acceptors (Lipinski definition) is 6. The highest BCUT2D eigenvalue weighted by Gasteiger charge is 2.35. The van der Waals surface area contributed by atoms with E-state index in [4.69, 9.17) is 0 Å². The maximum Gasteiger partial charge on any atom is 0.246 e. The van der Waals surface area contributed by atoms with Gasteiger partial charge in [0.05, 0.1) is 17.7 Å². The summed E-state index contributed by atoms with van der Waals surface area (Å²) in [5.74, 6) is 0.903. The van der Waals surface area contributed by atoms with Gasteiger partial charge in [0, 0.05) is 44.0 Å². The number of imidazole rings is 1. The third-order valence-electron chi connectivity index (χ3n) is 5.87. The average Bonchev–Trinajstić information content (AvgIpc) is 3.48. The van der Waals surface area contributed by atoms with Crippen molar-refractivity contribution in [2.75, 3.05) is 18.0 Å². The van der Waals surface area contributed by atoms with Gasteiger partial charge < -0.3 is 4.90 Å². The van der Waals surface area contributed by atoms with E-state index in [1.807, 2.05) is 36.5 Å². The van der Waals surface area contributed by atoms with Crippen LogP contribution in [-0.4, -0.2) is 44.8 Å². The molecule has 3 aromatic rings. The van der Waals surface area contributed by atoms with Gasteiger partial charge in [-0.25, -0.2) is 14.5 Å². The average molecular weight is 399 g/mol. The third-order valence-corrected chi connectivity index (χ3v) is 5.87. The minimum absolute atomic E-state index is 0.0601. The number of amides is 1. The van der Waals surface area contributed by atoms with Crippen LogP contribution in [0.15, 0.2) is 53.9 Å². The van der Waals surface area contributed by atoms with Gasteiger partial charge in [0.2, 0.25) is 5.91 Å². The lowest BCUT2D eigenvalue weighted by Crippen LogP contribution is -2.41. The van der Waals surface area contributed by atoms with Gasteiger partial charge in [0.1, 0.15) is 5.82 Å². The number of piperidine rings is 1. The number of rotatable bonds is 3. The molecular formula is C22H21N7O. The van der Waals surface area contributed by atoms with Crippen LogP contribution in [0.4, 0.5) is 5.82 Å². The first-order chi connectivity index (χ1) is 14.7. The molecule has 4 heterocycles. The second-order valence-corrected chi connectivity index (χ2v) is 7.65. The minimum atomic E-state index is -0.130. The van der Waals surface area contributed by atoms with Crippen LogP contribution in [0.1, 0.15) is 36.4 Å². The molecule has 8 heteroatoms. The molecule has 1 amide bonds. The van der Waals surface area contributed by atoms with Crippen molar-refractivity contribution in [3.05, 3.63) is 59.9 Å². The molecular weight excluding hydrogens is 378 g/mol. The first kappa shape index (κ1) is 18.3. The van der Waals surface area contributed by atoms with E-state index in [-0.39, 0.29) is 17.9 Å². The number of fused-ring (bicyclic) bond motifs is 1. The predicted octanol–water partition coefficient (Wildman–Crippen LogP) is 2.78. The molecule has 30 heavy (non-hydrogen) atoms. The van der Waals surface area contributed by atoms with E-state index >= 15 is 0 Å². The quantitative estimate of drug-likeness (QED) is 0.676. The molecule has 2 aliphatic rings. The lowest BCUT2D eigenvalue weighted by Gasteiger charge is -2.34. The topological polar surface area (TPSA) is 89.9 Å². The largest absolute Gasteiger partial charge is 0.355 e. The van der Waals surface area contributed by atoms with Gasteiger partial charge in [0.15, 0.2) is 5.65 Å². The summed E-state index contributed by atoms with van der Waals surface area (Å²) < 4.78 is 1.77. The van der Waals surface area contributed by atoms with Crippen molar-refractivity contribution >= 4 is 23.6 Å². The molecule has 5 rings (SSSR count). The predicted molar refractivity (Wildman–Crippen MR) is 112 cm³/mol. The van der Waals surface area contributed by atoms with Crippen molar-refractivity contribution in [1.29, 1.82) is 5.26 Å². The Balaban J connectivity index is 1.26. The molecule has 0 aliphatic carbocycles. The van der Waals surface area contributed by atoms with Gasteiger partial charge in [-0.05, 0) is 42.7 Å². The lowest BCUT2D eigenvalue weighted by atomic mass is 9.94. The number of hydrazone groups is 1. The summed E-state index contributed by atoms with van der Waals surface area (Å²) in [6.45, 7) is 1.55. The standard InChI is InChI=1S/C22H21N7O/c23-15-16-2-1-3-18(14-16)19-6-9-25-29(19)22(30)17-7-11-27(12-8-17)21-5-4-20-24-10-13-28(20)26-21/h1-5,9-10,13-14,17,19H,6-8,11-12H2/t19-/m0/s1. The van der Waals surface area contributed by atoms with Gasteiger partial charge in [-0.3, -0.25) is 4.79 Å². The Hall–Kier alpha value is -3.73. The molecule has 1 saturated heterocycles. The second-order valence-electron chi connectivity index (χ2n) is 7.65. The van der Waals surface area contributed by atoms with Crippen molar-refractivity contribution in [2.45, 2.75) is 25.3 Å². The molecule has 0 radical (unpaired) electrons. The maximum absolute atomic E-state index is 13.2. The number of nitrogens with zero attached hydrogens (tertiary/aromatic N) is 7. The number of hydrogen-bond donors (Lipinski definition) is 0. The number of carbonyl (C=O) groups is 1. The van der Waals surface area contributed by atoms with E-state index in [1.165, 1.54) is 0 Å². The summed E-state index contributed by atoms with van der Waals surface area (Å²) in [5.41, 5.74) is 2.37. The van der Waals surface area contributed by atoms with E-state index in [0.717, 1.165) is 43.0 Å². The summed E-state index contributed by atoms with van der Waals surface area (Å²) in [7, 11) is 0. The molecule has 0 bridgehead atoms. The fourth-order valence-electron chi connectivity index (χ4n) is 4.23. The normalized spacial score (nSPS) is 19.4. The molecule has 1 fully saturated rings. The van der Waals surface area contributed by atoms with Crippen LogP contribution in [-0.2, 0) is 4.79 Å². The van der Waals surface area contributed by atoms with Crippen molar-refractivity contribution in [3.8, 4) is 6.07 Å². The Kier molecular flexibility index (Phi) is 4.64. The van der Waals surface area contributed by atoms with Crippen LogP contribution in [0, 0.1) is 17.2 Å². The van der Waals surface area contributed by atoms with Crippen LogP contribution in [0.5, 0.6) is 0 Å². The van der Waals surface area contributed by atoms with Crippen molar-refractivity contribution in [2.24, 2.45) is 11.0 Å². The first-order valence-corrected chi connectivity index (χ1v) is 10.1. The zero-order chi connectivity index (χ0) is 20.5. The molecule has 8 nitrogen and oxygen atoms in total.